The van der Waals surface area contributed by atoms with Gasteiger partial charge in [0.25, 0.3) is 0 Å². The molecule has 0 unspecified atom stereocenters. The molecule has 2 aliphatic carbocycles. The highest BCUT2D eigenvalue weighted by molar-refractivity contribution is 5.80. The van der Waals surface area contributed by atoms with E-state index in [0.717, 1.165) is 19.3 Å². The Morgan fingerprint density at radius 3 is 2.70 bits per heavy atom. The van der Waals surface area contributed by atoms with Crippen molar-refractivity contribution in [2.45, 2.75) is 26.2 Å². The van der Waals surface area contributed by atoms with Crippen LogP contribution < -0.4 is 0 Å². The topological polar surface area (TPSA) is 37.3 Å². The van der Waals surface area contributed by atoms with Gasteiger partial charge in [0, 0.05) is 0 Å². The fourth-order valence-corrected chi connectivity index (χ4v) is 2.72. The second kappa shape index (κ2) is 1.55. The standard InChI is InChI=1S/C8H12O2/c1-5-6-3-2-4-8(5,6)7(9)10/h5-6H,2-4H2,1H3,(H,9,10)/t5-,6-,8-/m1/s1. The van der Waals surface area contributed by atoms with Crippen LogP contribution in [0.25, 0.3) is 0 Å². The molecule has 0 bridgehead atoms. The fraction of sp³-hybridized carbons (Fsp3) is 0.875. The maximum Gasteiger partial charge on any atom is 0.310 e. The summed E-state index contributed by atoms with van der Waals surface area (Å²) < 4.78 is 0. The number of hydrogen-bond donors (Lipinski definition) is 1. The van der Waals surface area contributed by atoms with Crippen molar-refractivity contribution in [3.8, 4) is 0 Å². The average molecular weight is 140 g/mol. The van der Waals surface area contributed by atoms with Crippen LogP contribution in [0.2, 0.25) is 0 Å². The van der Waals surface area contributed by atoms with Gasteiger partial charge in [-0.2, -0.15) is 0 Å². The number of carboxylic acids is 1. The summed E-state index contributed by atoms with van der Waals surface area (Å²) in [6, 6.07) is 0. The van der Waals surface area contributed by atoms with Gasteiger partial charge in [-0.25, -0.2) is 0 Å². The number of aliphatic carboxylic acids is 1. The molecule has 0 spiro atoms. The van der Waals surface area contributed by atoms with Crippen LogP contribution in [0, 0.1) is 17.3 Å². The lowest BCUT2D eigenvalue weighted by molar-refractivity contribution is -0.144. The van der Waals surface area contributed by atoms with E-state index in [0.29, 0.717) is 11.8 Å². The zero-order chi connectivity index (χ0) is 7.35. The van der Waals surface area contributed by atoms with Crippen LogP contribution in [0.15, 0.2) is 0 Å². The van der Waals surface area contributed by atoms with E-state index in [9.17, 15) is 4.79 Å². The summed E-state index contributed by atoms with van der Waals surface area (Å²) in [6.45, 7) is 2.07. The van der Waals surface area contributed by atoms with Gasteiger partial charge in [-0.15, -0.1) is 0 Å². The molecule has 0 amide bonds. The zero-order valence-electron chi connectivity index (χ0n) is 6.13. The highest BCUT2D eigenvalue weighted by Gasteiger charge is 2.68. The van der Waals surface area contributed by atoms with Gasteiger partial charge in [0.05, 0.1) is 5.41 Å². The molecule has 2 heteroatoms. The van der Waals surface area contributed by atoms with Crippen molar-refractivity contribution in [1.29, 1.82) is 0 Å². The van der Waals surface area contributed by atoms with Gasteiger partial charge in [-0.3, -0.25) is 4.79 Å². The largest absolute Gasteiger partial charge is 0.481 e. The minimum Gasteiger partial charge on any atom is -0.481 e. The smallest absolute Gasteiger partial charge is 0.310 e. The summed E-state index contributed by atoms with van der Waals surface area (Å²) in [7, 11) is 0. The molecular formula is C8H12O2. The van der Waals surface area contributed by atoms with E-state index in [1.165, 1.54) is 0 Å². The highest BCUT2D eigenvalue weighted by atomic mass is 16.4. The molecule has 1 N–H and O–H groups in total. The zero-order valence-corrected chi connectivity index (χ0v) is 6.13. The van der Waals surface area contributed by atoms with E-state index >= 15 is 0 Å². The van der Waals surface area contributed by atoms with Crippen LogP contribution in [-0.4, -0.2) is 11.1 Å². The SMILES string of the molecule is C[C@@H]1[C@H]2CCC[C@@]12C(=O)O. The normalized spacial score (nSPS) is 50.5. The quantitative estimate of drug-likeness (QED) is 0.599. The molecule has 2 nitrogen and oxygen atoms in total. The molecule has 0 aliphatic heterocycles. The van der Waals surface area contributed by atoms with E-state index in [1.54, 1.807) is 0 Å². The van der Waals surface area contributed by atoms with Crippen LogP contribution in [-0.2, 0) is 4.79 Å². The summed E-state index contributed by atoms with van der Waals surface area (Å²) in [5.41, 5.74) is -0.264. The van der Waals surface area contributed by atoms with Gasteiger partial charge < -0.3 is 5.11 Å². The second-order valence-corrected chi connectivity index (χ2v) is 3.63. The van der Waals surface area contributed by atoms with Crippen LogP contribution in [0.3, 0.4) is 0 Å². The third kappa shape index (κ3) is 0.446. The lowest BCUT2D eigenvalue weighted by Gasteiger charge is -2.04. The minimum absolute atomic E-state index is 0.264. The number of carbonyl (C=O) groups is 1. The molecule has 2 saturated carbocycles. The molecule has 2 aliphatic rings. The molecule has 2 fully saturated rings. The number of carboxylic acid groups (broad SMARTS) is 1. The van der Waals surface area contributed by atoms with Crippen LogP contribution in [0.1, 0.15) is 26.2 Å². The maximum absolute atomic E-state index is 10.8. The Morgan fingerprint density at radius 2 is 2.40 bits per heavy atom. The molecule has 0 radical (unpaired) electrons. The number of hydrogen-bond acceptors (Lipinski definition) is 1. The summed E-state index contributed by atoms with van der Waals surface area (Å²) in [5.74, 6) is 0.422. The third-order valence-electron chi connectivity index (χ3n) is 3.47. The van der Waals surface area contributed by atoms with E-state index < -0.39 is 5.97 Å². The first-order valence-corrected chi connectivity index (χ1v) is 3.93. The Hall–Kier alpha value is -0.530. The molecule has 3 atom stereocenters. The van der Waals surface area contributed by atoms with E-state index in [2.05, 4.69) is 6.92 Å². The van der Waals surface area contributed by atoms with E-state index in [1.807, 2.05) is 0 Å². The Labute approximate surface area is 60.2 Å². The molecule has 2 rings (SSSR count). The molecule has 0 heterocycles. The van der Waals surface area contributed by atoms with Gasteiger partial charge in [0.2, 0.25) is 0 Å². The van der Waals surface area contributed by atoms with Gasteiger partial charge in [0.15, 0.2) is 0 Å². The van der Waals surface area contributed by atoms with Crippen molar-refractivity contribution in [1.82, 2.24) is 0 Å². The van der Waals surface area contributed by atoms with Gasteiger partial charge in [-0.05, 0) is 24.7 Å². The second-order valence-electron chi connectivity index (χ2n) is 3.63. The first-order valence-electron chi connectivity index (χ1n) is 3.93. The number of fused-ring (bicyclic) bond motifs is 1. The lowest BCUT2D eigenvalue weighted by atomic mass is 10.0. The first kappa shape index (κ1) is 6.20. The van der Waals surface area contributed by atoms with Gasteiger partial charge in [0.1, 0.15) is 0 Å². The summed E-state index contributed by atoms with van der Waals surface area (Å²) >= 11 is 0. The molecule has 0 saturated heterocycles. The Balaban J connectivity index is 2.24. The Morgan fingerprint density at radius 1 is 1.70 bits per heavy atom. The summed E-state index contributed by atoms with van der Waals surface area (Å²) in [4.78, 5) is 10.8. The number of rotatable bonds is 1. The van der Waals surface area contributed by atoms with E-state index in [-0.39, 0.29) is 5.41 Å². The van der Waals surface area contributed by atoms with Gasteiger partial charge >= 0.3 is 5.97 Å². The Kier molecular flexibility index (Phi) is 0.960. The fourth-order valence-electron chi connectivity index (χ4n) is 2.72. The van der Waals surface area contributed by atoms with Crippen LogP contribution in [0.5, 0.6) is 0 Å². The predicted octanol–water partition coefficient (Wildman–Crippen LogP) is 1.51. The molecule has 0 aromatic rings. The molecule has 10 heavy (non-hydrogen) atoms. The van der Waals surface area contributed by atoms with Crippen molar-refractivity contribution in [3.63, 3.8) is 0 Å². The molecule has 0 aromatic carbocycles. The monoisotopic (exact) mass is 140 g/mol. The summed E-state index contributed by atoms with van der Waals surface area (Å²) in [6.07, 6.45) is 3.20. The van der Waals surface area contributed by atoms with Crippen molar-refractivity contribution in [2.75, 3.05) is 0 Å². The van der Waals surface area contributed by atoms with Crippen LogP contribution >= 0.6 is 0 Å². The summed E-state index contributed by atoms with van der Waals surface area (Å²) in [5, 5.41) is 8.88. The maximum atomic E-state index is 10.8. The third-order valence-corrected chi connectivity index (χ3v) is 3.47. The lowest BCUT2D eigenvalue weighted by Crippen LogP contribution is -2.15. The Bertz CT molecular complexity index is 188. The molecule has 56 valence electrons. The van der Waals surface area contributed by atoms with Crippen molar-refractivity contribution in [3.05, 3.63) is 0 Å². The van der Waals surface area contributed by atoms with Crippen molar-refractivity contribution < 1.29 is 9.90 Å². The van der Waals surface area contributed by atoms with Gasteiger partial charge in [-0.1, -0.05) is 13.3 Å². The average Bonchev–Trinajstić information content (AvgIpc) is 2.36. The first-order chi connectivity index (χ1) is 4.69. The minimum atomic E-state index is -0.553. The highest BCUT2D eigenvalue weighted by Crippen LogP contribution is 2.68. The van der Waals surface area contributed by atoms with E-state index in [4.69, 9.17) is 5.11 Å². The predicted molar refractivity (Wildman–Crippen MR) is 36.6 cm³/mol. The van der Waals surface area contributed by atoms with Crippen LogP contribution in [0.4, 0.5) is 0 Å². The molecular weight excluding hydrogens is 128 g/mol. The van der Waals surface area contributed by atoms with Crippen molar-refractivity contribution in [2.24, 2.45) is 17.3 Å². The van der Waals surface area contributed by atoms with Crippen molar-refractivity contribution >= 4 is 5.97 Å². The molecule has 0 aromatic heterocycles.